The summed E-state index contributed by atoms with van der Waals surface area (Å²) in [7, 11) is 1.58. The van der Waals surface area contributed by atoms with E-state index in [-0.39, 0.29) is 5.91 Å². The largest absolute Gasteiger partial charge is 0.493 e. The van der Waals surface area contributed by atoms with Crippen molar-refractivity contribution in [2.45, 2.75) is 32.2 Å². The molecule has 1 aliphatic heterocycles. The van der Waals surface area contributed by atoms with Crippen LogP contribution in [0.15, 0.2) is 83.1 Å². The minimum atomic E-state index is -0.710. The predicted molar refractivity (Wildman–Crippen MR) is 150 cm³/mol. The van der Waals surface area contributed by atoms with Gasteiger partial charge in [0.2, 0.25) is 18.0 Å². The van der Waals surface area contributed by atoms with Gasteiger partial charge in [-0.1, -0.05) is 59.8 Å². The topological polar surface area (TPSA) is 91.1 Å². The average Bonchev–Trinajstić information content (AvgIpc) is 3.58. The van der Waals surface area contributed by atoms with Crippen molar-refractivity contribution in [3.05, 3.63) is 83.9 Å². The third kappa shape index (κ3) is 5.61. The van der Waals surface area contributed by atoms with Crippen LogP contribution in [-0.4, -0.2) is 51.0 Å². The number of para-hydroxylation sites is 1. The van der Waals surface area contributed by atoms with Crippen LogP contribution in [0.2, 0.25) is 0 Å². The molecule has 10 heteroatoms. The Bertz CT molecular complexity index is 1490. The number of aryl methyl sites for hydroxylation is 1. The molecule has 0 N–H and O–H groups in total. The number of aromatic nitrogens is 3. The maximum absolute atomic E-state index is 12.4. The molecule has 1 aliphatic rings. The van der Waals surface area contributed by atoms with Crippen LogP contribution in [-0.2, 0) is 9.53 Å². The van der Waals surface area contributed by atoms with Crippen LogP contribution in [0.4, 0.5) is 0 Å². The van der Waals surface area contributed by atoms with E-state index >= 15 is 0 Å². The fourth-order valence-corrected chi connectivity index (χ4v) is 4.98. The van der Waals surface area contributed by atoms with Gasteiger partial charge < -0.3 is 14.2 Å². The Kier molecular flexibility index (Phi) is 7.83. The van der Waals surface area contributed by atoms with Gasteiger partial charge in [-0.2, -0.15) is 5.01 Å². The number of hydrogen-bond acceptors (Lipinski definition) is 8. The molecule has 4 aromatic rings. The Morgan fingerprint density at radius 2 is 1.79 bits per heavy atom. The van der Waals surface area contributed by atoms with Crippen LogP contribution >= 0.6 is 11.8 Å². The van der Waals surface area contributed by atoms with Gasteiger partial charge in [0.05, 0.1) is 19.5 Å². The van der Waals surface area contributed by atoms with Crippen molar-refractivity contribution in [1.82, 2.24) is 19.8 Å². The van der Waals surface area contributed by atoms with Crippen molar-refractivity contribution in [2.24, 2.45) is 5.10 Å². The van der Waals surface area contributed by atoms with E-state index < -0.39 is 6.23 Å². The number of hydrogen-bond donors (Lipinski definition) is 0. The summed E-state index contributed by atoms with van der Waals surface area (Å²) in [6.45, 7) is 5.93. The molecule has 0 aliphatic carbocycles. The van der Waals surface area contributed by atoms with Crippen LogP contribution in [0.25, 0.3) is 17.1 Å². The molecule has 0 bridgehead atoms. The molecule has 2 heterocycles. The summed E-state index contributed by atoms with van der Waals surface area (Å²) in [6, 6.07) is 23.6. The molecular weight excluding hydrogens is 514 g/mol. The van der Waals surface area contributed by atoms with Crippen LogP contribution in [0.3, 0.4) is 0 Å². The summed E-state index contributed by atoms with van der Waals surface area (Å²) in [5.74, 6) is 2.45. The van der Waals surface area contributed by atoms with Gasteiger partial charge in [0.15, 0.2) is 22.5 Å². The van der Waals surface area contributed by atoms with Gasteiger partial charge in [-0.3, -0.25) is 9.36 Å². The molecule has 3 aromatic carbocycles. The third-order valence-electron chi connectivity index (χ3n) is 6.07. The highest BCUT2D eigenvalue weighted by Gasteiger charge is 2.33. The van der Waals surface area contributed by atoms with Crippen molar-refractivity contribution in [1.29, 1.82) is 0 Å². The second-order valence-electron chi connectivity index (χ2n) is 8.80. The number of carbonyl (C=O) groups is 1. The Hall–Kier alpha value is -4.31. The van der Waals surface area contributed by atoms with Gasteiger partial charge in [-0.25, -0.2) is 0 Å². The second-order valence-corrected chi connectivity index (χ2v) is 9.75. The lowest BCUT2D eigenvalue weighted by molar-refractivity contribution is -0.135. The first kappa shape index (κ1) is 26.3. The minimum absolute atomic E-state index is 0.234. The van der Waals surface area contributed by atoms with E-state index in [2.05, 4.69) is 34.4 Å². The van der Waals surface area contributed by atoms with E-state index in [4.69, 9.17) is 14.2 Å². The summed E-state index contributed by atoms with van der Waals surface area (Å²) in [5, 5.41) is 15.5. The van der Waals surface area contributed by atoms with E-state index in [0.717, 1.165) is 22.6 Å². The van der Waals surface area contributed by atoms with E-state index in [1.165, 1.54) is 29.3 Å². The second kappa shape index (κ2) is 11.6. The molecule has 1 amide bonds. The molecule has 1 atom stereocenters. The minimum Gasteiger partial charge on any atom is -0.493 e. The molecule has 1 unspecified atom stereocenters. The van der Waals surface area contributed by atoms with E-state index in [0.29, 0.717) is 34.9 Å². The van der Waals surface area contributed by atoms with Gasteiger partial charge in [0, 0.05) is 23.7 Å². The van der Waals surface area contributed by atoms with Gasteiger partial charge in [-0.05, 0) is 44.2 Å². The van der Waals surface area contributed by atoms with Crippen molar-refractivity contribution in [3.63, 3.8) is 0 Å². The molecule has 1 aromatic heterocycles. The molecule has 5 rings (SSSR count). The summed E-state index contributed by atoms with van der Waals surface area (Å²) >= 11 is 1.44. The monoisotopic (exact) mass is 543 g/mol. The van der Waals surface area contributed by atoms with Gasteiger partial charge in [-0.15, -0.1) is 15.3 Å². The number of thioether (sulfide) groups is 1. The number of ether oxygens (including phenoxy) is 3. The van der Waals surface area contributed by atoms with Crippen LogP contribution < -0.4 is 9.47 Å². The number of amides is 1. The fraction of sp³-hybridized carbons (Fsp3) is 0.241. The highest BCUT2D eigenvalue weighted by molar-refractivity contribution is 7.99. The quantitative estimate of drug-likeness (QED) is 0.253. The van der Waals surface area contributed by atoms with Gasteiger partial charge in [0.1, 0.15) is 0 Å². The summed E-state index contributed by atoms with van der Waals surface area (Å²) in [6.07, 6.45) is -0.710. The molecule has 9 nitrogen and oxygen atoms in total. The lowest BCUT2D eigenvalue weighted by Crippen LogP contribution is -2.25. The zero-order valence-corrected chi connectivity index (χ0v) is 23.0. The van der Waals surface area contributed by atoms with Crippen LogP contribution in [0.1, 0.15) is 31.2 Å². The number of carbonyl (C=O) groups excluding carboxylic acids is 1. The average molecular weight is 544 g/mol. The zero-order valence-electron chi connectivity index (χ0n) is 22.2. The molecule has 0 spiro atoms. The standard InChI is InChI=1S/C29H29N5O4S/c1-5-37-24-16-15-22(17-25(24)36-4)28-34(20(3)35)32-26(38-28)18-39-29-31-30-27(21-13-11-19(2)12-14-21)33(29)23-9-7-6-8-10-23/h6-17,28H,5,18H2,1-4H3. The molecule has 0 saturated carbocycles. The third-order valence-corrected chi connectivity index (χ3v) is 6.98. The fourth-order valence-electron chi connectivity index (χ4n) is 4.18. The van der Waals surface area contributed by atoms with Gasteiger partial charge in [0.25, 0.3) is 0 Å². The summed E-state index contributed by atoms with van der Waals surface area (Å²) in [5.41, 5.74) is 3.80. The molecule has 39 heavy (non-hydrogen) atoms. The lowest BCUT2D eigenvalue weighted by atomic mass is 10.1. The molecule has 0 fully saturated rings. The highest BCUT2D eigenvalue weighted by atomic mass is 32.2. The van der Waals surface area contributed by atoms with Crippen molar-refractivity contribution in [3.8, 4) is 28.6 Å². The number of benzene rings is 3. The van der Waals surface area contributed by atoms with E-state index in [1.54, 1.807) is 19.2 Å². The van der Waals surface area contributed by atoms with Crippen molar-refractivity contribution in [2.75, 3.05) is 19.5 Å². The number of nitrogens with zero attached hydrogens (tertiary/aromatic N) is 5. The number of rotatable bonds is 9. The van der Waals surface area contributed by atoms with E-state index in [9.17, 15) is 4.79 Å². The first-order valence-electron chi connectivity index (χ1n) is 12.5. The number of methoxy groups -OCH3 is 1. The Labute approximate surface area is 231 Å². The van der Waals surface area contributed by atoms with Gasteiger partial charge >= 0.3 is 0 Å². The highest BCUT2D eigenvalue weighted by Crippen LogP contribution is 2.36. The predicted octanol–water partition coefficient (Wildman–Crippen LogP) is 5.63. The smallest absolute Gasteiger partial charge is 0.243 e. The first-order chi connectivity index (χ1) is 19.0. The van der Waals surface area contributed by atoms with E-state index in [1.807, 2.05) is 60.0 Å². The molecule has 0 radical (unpaired) electrons. The summed E-state index contributed by atoms with van der Waals surface area (Å²) in [4.78, 5) is 12.4. The van der Waals surface area contributed by atoms with Crippen LogP contribution in [0, 0.1) is 6.92 Å². The molecular formula is C29H29N5O4S. The maximum Gasteiger partial charge on any atom is 0.243 e. The first-order valence-corrected chi connectivity index (χ1v) is 13.5. The molecule has 0 saturated heterocycles. The normalized spacial score (nSPS) is 14.6. The Morgan fingerprint density at radius 1 is 1.03 bits per heavy atom. The SMILES string of the molecule is CCOc1ccc(C2OC(CSc3nnc(-c4ccc(C)cc4)n3-c3ccccc3)=NN2C(C)=O)cc1OC. The summed E-state index contributed by atoms with van der Waals surface area (Å²) < 4.78 is 19.3. The maximum atomic E-state index is 12.4. The Balaban J connectivity index is 1.40. The lowest BCUT2D eigenvalue weighted by Gasteiger charge is -2.20. The van der Waals surface area contributed by atoms with Crippen molar-refractivity contribution >= 4 is 23.6 Å². The van der Waals surface area contributed by atoms with Crippen LogP contribution in [0.5, 0.6) is 11.5 Å². The molecule has 200 valence electrons. The zero-order chi connectivity index (χ0) is 27.4. The Morgan fingerprint density at radius 3 is 2.49 bits per heavy atom. The van der Waals surface area contributed by atoms with Crippen molar-refractivity contribution < 1.29 is 19.0 Å². The number of hydrazone groups is 1.